The third kappa shape index (κ3) is 4.27. The lowest BCUT2D eigenvalue weighted by atomic mass is 9.85. The standard InChI is InChI=1S/C21H25N3O3/c25-20-11-19(22-14-23-20)16-6-8-17(9-7-16)21(26)24(12-15-3-1-4-15)13-18-5-2-10-27-18/h6-9,11,14-15,18H,1-5,10,12-13H2,(H,22,23,25)/t18-/m0/s1. The molecule has 2 aromatic rings. The van der Waals surface area contributed by atoms with Crippen LogP contribution in [-0.4, -0.2) is 46.6 Å². The summed E-state index contributed by atoms with van der Waals surface area (Å²) in [6.45, 7) is 2.29. The van der Waals surface area contributed by atoms with Crippen molar-refractivity contribution in [2.24, 2.45) is 5.92 Å². The van der Waals surface area contributed by atoms with E-state index in [9.17, 15) is 9.59 Å². The highest BCUT2D eigenvalue weighted by Crippen LogP contribution is 2.28. The maximum absolute atomic E-state index is 13.1. The molecule has 1 aromatic heterocycles. The molecule has 6 nitrogen and oxygen atoms in total. The molecule has 2 heterocycles. The molecule has 1 amide bonds. The zero-order valence-electron chi connectivity index (χ0n) is 15.4. The monoisotopic (exact) mass is 367 g/mol. The number of ether oxygens (including phenoxy) is 1. The Hall–Kier alpha value is -2.47. The fourth-order valence-electron chi connectivity index (χ4n) is 3.75. The Bertz CT molecular complexity index is 836. The van der Waals surface area contributed by atoms with Gasteiger partial charge in [0.15, 0.2) is 0 Å². The number of nitrogens with zero attached hydrogens (tertiary/aromatic N) is 2. The van der Waals surface area contributed by atoms with Crippen molar-refractivity contribution in [3.63, 3.8) is 0 Å². The number of hydrogen-bond acceptors (Lipinski definition) is 4. The van der Waals surface area contributed by atoms with Gasteiger partial charge in [-0.1, -0.05) is 18.6 Å². The first-order chi connectivity index (χ1) is 13.2. The Morgan fingerprint density at radius 1 is 1.15 bits per heavy atom. The highest BCUT2D eigenvalue weighted by Gasteiger charge is 2.28. The summed E-state index contributed by atoms with van der Waals surface area (Å²) in [4.78, 5) is 33.2. The number of benzene rings is 1. The lowest BCUT2D eigenvalue weighted by molar-refractivity contribution is 0.0448. The van der Waals surface area contributed by atoms with Crippen LogP contribution in [0.4, 0.5) is 0 Å². The van der Waals surface area contributed by atoms with E-state index in [1.165, 1.54) is 31.7 Å². The second-order valence-electron chi connectivity index (χ2n) is 7.52. The molecule has 0 bridgehead atoms. The van der Waals surface area contributed by atoms with Gasteiger partial charge in [0.1, 0.15) is 0 Å². The molecule has 2 fully saturated rings. The fraction of sp³-hybridized carbons (Fsp3) is 0.476. The van der Waals surface area contributed by atoms with Gasteiger partial charge in [0, 0.05) is 36.9 Å². The van der Waals surface area contributed by atoms with Gasteiger partial charge >= 0.3 is 0 Å². The summed E-state index contributed by atoms with van der Waals surface area (Å²) in [6, 6.07) is 8.80. The van der Waals surface area contributed by atoms with Gasteiger partial charge in [0.2, 0.25) is 0 Å². The van der Waals surface area contributed by atoms with E-state index in [2.05, 4.69) is 9.97 Å². The summed E-state index contributed by atoms with van der Waals surface area (Å²) in [5.41, 5.74) is 1.90. The fourth-order valence-corrected chi connectivity index (χ4v) is 3.75. The van der Waals surface area contributed by atoms with Crippen LogP contribution in [0.5, 0.6) is 0 Å². The minimum absolute atomic E-state index is 0.0582. The molecule has 6 heteroatoms. The highest BCUT2D eigenvalue weighted by atomic mass is 16.5. The van der Waals surface area contributed by atoms with Gasteiger partial charge < -0.3 is 14.6 Å². The highest BCUT2D eigenvalue weighted by molar-refractivity contribution is 5.94. The molecule has 0 radical (unpaired) electrons. The first kappa shape index (κ1) is 17.9. The smallest absolute Gasteiger partial charge is 0.253 e. The number of carbonyl (C=O) groups is 1. The molecule has 27 heavy (non-hydrogen) atoms. The predicted molar refractivity (Wildman–Crippen MR) is 103 cm³/mol. The summed E-state index contributed by atoms with van der Waals surface area (Å²) >= 11 is 0. The van der Waals surface area contributed by atoms with Gasteiger partial charge in [-0.15, -0.1) is 0 Å². The van der Waals surface area contributed by atoms with E-state index < -0.39 is 0 Å². The van der Waals surface area contributed by atoms with Gasteiger partial charge in [-0.05, 0) is 43.7 Å². The number of hydrogen-bond donors (Lipinski definition) is 1. The lowest BCUT2D eigenvalue weighted by Gasteiger charge is -2.33. The third-order valence-electron chi connectivity index (χ3n) is 5.54. The van der Waals surface area contributed by atoms with Crippen molar-refractivity contribution in [1.29, 1.82) is 0 Å². The topological polar surface area (TPSA) is 75.3 Å². The van der Waals surface area contributed by atoms with Gasteiger partial charge in [-0.2, -0.15) is 0 Å². The molecule has 1 aliphatic heterocycles. The third-order valence-corrected chi connectivity index (χ3v) is 5.54. The first-order valence-electron chi connectivity index (χ1n) is 9.75. The Labute approximate surface area is 158 Å². The number of carbonyl (C=O) groups excluding carboxylic acids is 1. The zero-order chi connectivity index (χ0) is 18.6. The van der Waals surface area contributed by atoms with Crippen molar-refractivity contribution in [3.8, 4) is 11.3 Å². The van der Waals surface area contributed by atoms with Crippen LogP contribution in [0.15, 0.2) is 41.5 Å². The maximum Gasteiger partial charge on any atom is 0.253 e. The Balaban J connectivity index is 1.50. The normalized spacial score (nSPS) is 19.6. The minimum atomic E-state index is -0.191. The van der Waals surface area contributed by atoms with Gasteiger partial charge in [0.05, 0.1) is 18.1 Å². The minimum Gasteiger partial charge on any atom is -0.376 e. The van der Waals surface area contributed by atoms with Crippen LogP contribution in [0.25, 0.3) is 11.3 Å². The van der Waals surface area contributed by atoms with Crippen LogP contribution in [0.2, 0.25) is 0 Å². The Kier molecular flexibility index (Phi) is 5.34. The van der Waals surface area contributed by atoms with Gasteiger partial charge in [-0.25, -0.2) is 4.98 Å². The number of H-pyrrole nitrogens is 1. The van der Waals surface area contributed by atoms with E-state index in [1.54, 1.807) is 0 Å². The lowest BCUT2D eigenvalue weighted by Crippen LogP contribution is -2.41. The van der Waals surface area contributed by atoms with Crippen molar-refractivity contribution in [3.05, 3.63) is 52.6 Å². The molecule has 1 atom stereocenters. The largest absolute Gasteiger partial charge is 0.376 e. The molecule has 1 N–H and O–H groups in total. The van der Waals surface area contributed by atoms with Crippen LogP contribution in [-0.2, 0) is 4.74 Å². The Morgan fingerprint density at radius 2 is 1.96 bits per heavy atom. The van der Waals surface area contributed by atoms with E-state index in [0.717, 1.165) is 31.6 Å². The summed E-state index contributed by atoms with van der Waals surface area (Å²) in [5, 5.41) is 0. The van der Waals surface area contributed by atoms with Crippen molar-refractivity contribution < 1.29 is 9.53 Å². The molecule has 2 aliphatic rings. The number of aromatic amines is 1. The van der Waals surface area contributed by atoms with Crippen molar-refractivity contribution in [2.75, 3.05) is 19.7 Å². The molecule has 1 aliphatic carbocycles. The van der Waals surface area contributed by atoms with Crippen molar-refractivity contribution in [1.82, 2.24) is 14.9 Å². The quantitative estimate of drug-likeness (QED) is 0.852. The number of amides is 1. The first-order valence-corrected chi connectivity index (χ1v) is 9.75. The predicted octanol–water partition coefficient (Wildman–Crippen LogP) is 2.86. The van der Waals surface area contributed by atoms with E-state index in [0.29, 0.717) is 23.7 Å². The van der Waals surface area contributed by atoms with E-state index in [-0.39, 0.29) is 17.6 Å². The Morgan fingerprint density at radius 3 is 2.59 bits per heavy atom. The number of nitrogens with one attached hydrogen (secondary N) is 1. The van der Waals surface area contributed by atoms with Gasteiger partial charge in [0.25, 0.3) is 11.5 Å². The van der Waals surface area contributed by atoms with Crippen LogP contribution in [0.3, 0.4) is 0 Å². The van der Waals surface area contributed by atoms with E-state index >= 15 is 0 Å². The average molecular weight is 367 g/mol. The van der Waals surface area contributed by atoms with Gasteiger partial charge in [-0.3, -0.25) is 9.59 Å². The maximum atomic E-state index is 13.1. The summed E-state index contributed by atoms with van der Waals surface area (Å²) < 4.78 is 5.76. The van der Waals surface area contributed by atoms with Crippen molar-refractivity contribution >= 4 is 5.91 Å². The zero-order valence-corrected chi connectivity index (χ0v) is 15.4. The van der Waals surface area contributed by atoms with Crippen LogP contribution in [0, 0.1) is 5.92 Å². The molecule has 0 unspecified atom stereocenters. The molecule has 1 saturated heterocycles. The molecular formula is C21H25N3O3. The summed E-state index contributed by atoms with van der Waals surface area (Å²) in [6.07, 6.45) is 7.34. The number of rotatable bonds is 6. The van der Waals surface area contributed by atoms with E-state index in [1.807, 2.05) is 29.2 Å². The molecule has 1 aromatic carbocycles. The van der Waals surface area contributed by atoms with Crippen LogP contribution in [0.1, 0.15) is 42.5 Å². The van der Waals surface area contributed by atoms with Crippen LogP contribution >= 0.6 is 0 Å². The molecule has 0 spiro atoms. The number of aromatic nitrogens is 2. The second-order valence-corrected chi connectivity index (χ2v) is 7.52. The average Bonchev–Trinajstić information content (AvgIpc) is 3.16. The summed E-state index contributed by atoms with van der Waals surface area (Å²) in [5.74, 6) is 0.678. The van der Waals surface area contributed by atoms with Crippen LogP contribution < -0.4 is 5.56 Å². The van der Waals surface area contributed by atoms with Crippen molar-refractivity contribution in [2.45, 2.75) is 38.2 Å². The molecule has 142 valence electrons. The summed E-state index contributed by atoms with van der Waals surface area (Å²) in [7, 11) is 0. The SMILES string of the molecule is O=C(c1ccc(-c2cc(=O)[nH]cn2)cc1)N(CC1CCC1)C[C@@H]1CCCO1. The molecular weight excluding hydrogens is 342 g/mol. The van der Waals surface area contributed by atoms with E-state index in [4.69, 9.17) is 4.74 Å². The second kappa shape index (κ2) is 8.05. The molecule has 1 saturated carbocycles. The molecule has 4 rings (SSSR count).